The van der Waals surface area contributed by atoms with Crippen LogP contribution in [0, 0.1) is 10.1 Å². The number of ether oxygens (including phenoxy) is 1. The van der Waals surface area contributed by atoms with Gasteiger partial charge in [0.1, 0.15) is 5.69 Å². The Bertz CT molecular complexity index is 924. The van der Waals surface area contributed by atoms with Crippen molar-refractivity contribution >= 4 is 22.4 Å². The number of nitro groups is 1. The monoisotopic (exact) mass is 334 g/mol. The summed E-state index contributed by atoms with van der Waals surface area (Å²) in [6.45, 7) is 1.15. The number of aromatic nitrogens is 2. The number of nitro benzene ring substituents is 1. The van der Waals surface area contributed by atoms with Gasteiger partial charge in [0.2, 0.25) is 0 Å². The van der Waals surface area contributed by atoms with Crippen molar-refractivity contribution in [2.24, 2.45) is 14.1 Å². The average molecular weight is 334 g/mol. The summed E-state index contributed by atoms with van der Waals surface area (Å²) in [6, 6.07) is 2.84. The summed E-state index contributed by atoms with van der Waals surface area (Å²) >= 11 is 0. The van der Waals surface area contributed by atoms with Gasteiger partial charge in [-0.15, -0.1) is 0 Å². The van der Waals surface area contributed by atoms with Gasteiger partial charge in [-0.05, 0) is 18.9 Å². The minimum absolute atomic E-state index is 0.0178. The summed E-state index contributed by atoms with van der Waals surface area (Å²) in [5, 5.41) is 14.4. The number of anilines is 1. The Morgan fingerprint density at radius 3 is 2.42 bits per heavy atom. The van der Waals surface area contributed by atoms with Crippen LogP contribution >= 0.6 is 0 Å². The van der Waals surface area contributed by atoms with Crippen LogP contribution in [-0.2, 0) is 18.8 Å². The Hall–Kier alpha value is -2.68. The van der Waals surface area contributed by atoms with Gasteiger partial charge in [0.05, 0.1) is 22.1 Å². The highest BCUT2D eigenvalue weighted by molar-refractivity contribution is 5.85. The number of nitrogens with zero attached hydrogens (tertiary/aromatic N) is 3. The summed E-state index contributed by atoms with van der Waals surface area (Å²) < 4.78 is 7.85. The van der Waals surface area contributed by atoms with Crippen LogP contribution in [0.1, 0.15) is 12.8 Å². The lowest BCUT2D eigenvalue weighted by atomic mass is 10.2. The summed E-state index contributed by atoms with van der Waals surface area (Å²) in [4.78, 5) is 34.7. The maximum atomic E-state index is 12.0. The van der Waals surface area contributed by atoms with E-state index in [0.29, 0.717) is 29.9 Å². The van der Waals surface area contributed by atoms with Crippen LogP contribution in [0.5, 0.6) is 0 Å². The molecule has 24 heavy (non-hydrogen) atoms. The third-order valence-electron chi connectivity index (χ3n) is 4.35. The molecule has 1 aliphatic heterocycles. The number of hydrogen-bond acceptors (Lipinski definition) is 6. The maximum absolute atomic E-state index is 12.0. The van der Waals surface area contributed by atoms with Crippen LogP contribution in [0.25, 0.3) is 11.0 Å². The second-order valence-electron chi connectivity index (χ2n) is 5.86. The second kappa shape index (κ2) is 6.08. The summed E-state index contributed by atoms with van der Waals surface area (Å²) in [7, 11) is 2.90. The molecule has 0 spiro atoms. The SMILES string of the molecule is Cn1c(=O)c(=O)n(C)c2cc([N+](=O)[O-])c(NC[C@H]3CCCO3)cc21. The Labute approximate surface area is 136 Å². The molecule has 1 fully saturated rings. The van der Waals surface area contributed by atoms with Crippen molar-refractivity contribution in [3.05, 3.63) is 43.0 Å². The predicted octanol–water partition coefficient (Wildman–Crippen LogP) is 0.736. The van der Waals surface area contributed by atoms with E-state index in [1.807, 2.05) is 0 Å². The lowest BCUT2D eigenvalue weighted by Crippen LogP contribution is -2.39. The molecule has 9 heteroatoms. The van der Waals surface area contributed by atoms with Gasteiger partial charge in [-0.25, -0.2) is 0 Å². The first kappa shape index (κ1) is 16.2. The second-order valence-corrected chi connectivity index (χ2v) is 5.86. The van der Waals surface area contributed by atoms with Crippen molar-refractivity contribution in [1.82, 2.24) is 9.13 Å². The molecule has 0 saturated carbocycles. The summed E-state index contributed by atoms with van der Waals surface area (Å²) in [5.74, 6) is 0. The van der Waals surface area contributed by atoms with E-state index in [1.165, 1.54) is 30.8 Å². The minimum Gasteiger partial charge on any atom is -0.377 e. The molecule has 1 N–H and O–H groups in total. The van der Waals surface area contributed by atoms with E-state index in [0.717, 1.165) is 17.4 Å². The van der Waals surface area contributed by atoms with Crippen LogP contribution in [0.3, 0.4) is 0 Å². The first-order valence-electron chi connectivity index (χ1n) is 7.63. The van der Waals surface area contributed by atoms with Gasteiger partial charge in [-0.2, -0.15) is 0 Å². The van der Waals surface area contributed by atoms with Crippen molar-refractivity contribution in [2.75, 3.05) is 18.5 Å². The zero-order valence-corrected chi connectivity index (χ0v) is 13.4. The van der Waals surface area contributed by atoms with Gasteiger partial charge in [0.15, 0.2) is 0 Å². The van der Waals surface area contributed by atoms with Gasteiger partial charge in [0, 0.05) is 33.3 Å². The van der Waals surface area contributed by atoms with Crippen LogP contribution in [0.4, 0.5) is 11.4 Å². The molecular weight excluding hydrogens is 316 g/mol. The van der Waals surface area contributed by atoms with Crippen molar-refractivity contribution in [2.45, 2.75) is 18.9 Å². The molecule has 3 rings (SSSR count). The first-order chi connectivity index (χ1) is 11.4. The number of rotatable bonds is 4. The normalized spacial score (nSPS) is 17.3. The number of aryl methyl sites for hydroxylation is 2. The molecule has 0 bridgehead atoms. The van der Waals surface area contributed by atoms with Crippen LogP contribution < -0.4 is 16.4 Å². The predicted molar refractivity (Wildman–Crippen MR) is 88.5 cm³/mol. The molecule has 1 aromatic carbocycles. The first-order valence-corrected chi connectivity index (χ1v) is 7.63. The molecule has 1 aliphatic rings. The smallest absolute Gasteiger partial charge is 0.316 e. The highest BCUT2D eigenvalue weighted by atomic mass is 16.6. The van der Waals surface area contributed by atoms with E-state index in [1.54, 1.807) is 0 Å². The van der Waals surface area contributed by atoms with Crippen molar-refractivity contribution in [3.63, 3.8) is 0 Å². The van der Waals surface area contributed by atoms with E-state index in [-0.39, 0.29) is 11.8 Å². The van der Waals surface area contributed by atoms with Gasteiger partial charge in [-0.3, -0.25) is 19.7 Å². The zero-order chi connectivity index (χ0) is 17.4. The quantitative estimate of drug-likeness (QED) is 0.502. The van der Waals surface area contributed by atoms with Crippen LogP contribution in [-0.4, -0.2) is 33.3 Å². The number of hydrogen-bond donors (Lipinski definition) is 1. The molecule has 1 atom stereocenters. The standard InChI is InChI=1S/C15H18N4O5/c1-17-12-6-10(16-8-9-4-3-5-24-9)11(19(22)23)7-13(12)18(2)15(21)14(17)20/h6-7,9,16H,3-5,8H2,1-2H3/t9-/m1/s1. The van der Waals surface area contributed by atoms with Crippen molar-refractivity contribution in [1.29, 1.82) is 0 Å². The van der Waals surface area contributed by atoms with Crippen molar-refractivity contribution < 1.29 is 9.66 Å². The fourth-order valence-corrected chi connectivity index (χ4v) is 2.93. The van der Waals surface area contributed by atoms with Crippen LogP contribution in [0.15, 0.2) is 21.7 Å². The molecule has 128 valence electrons. The Morgan fingerprint density at radius 1 is 1.25 bits per heavy atom. The largest absolute Gasteiger partial charge is 0.377 e. The van der Waals surface area contributed by atoms with Gasteiger partial charge in [0.25, 0.3) is 5.69 Å². The molecule has 0 amide bonds. The molecule has 9 nitrogen and oxygen atoms in total. The van der Waals surface area contributed by atoms with E-state index >= 15 is 0 Å². The lowest BCUT2D eigenvalue weighted by molar-refractivity contribution is -0.383. The van der Waals surface area contributed by atoms with Crippen molar-refractivity contribution in [3.8, 4) is 0 Å². The van der Waals surface area contributed by atoms with E-state index < -0.39 is 16.0 Å². The Morgan fingerprint density at radius 2 is 1.88 bits per heavy atom. The zero-order valence-electron chi connectivity index (χ0n) is 13.4. The Kier molecular flexibility index (Phi) is 4.10. The minimum atomic E-state index is -0.723. The number of benzene rings is 1. The van der Waals surface area contributed by atoms with Gasteiger partial charge < -0.3 is 19.2 Å². The molecule has 0 unspecified atom stereocenters. The fraction of sp³-hybridized carbons (Fsp3) is 0.467. The molecule has 2 heterocycles. The third-order valence-corrected chi connectivity index (χ3v) is 4.35. The van der Waals surface area contributed by atoms with E-state index in [2.05, 4.69) is 5.32 Å². The molecule has 1 aromatic heterocycles. The average Bonchev–Trinajstić information content (AvgIpc) is 3.08. The summed E-state index contributed by atoms with van der Waals surface area (Å²) in [5.41, 5.74) is -0.465. The fourth-order valence-electron chi connectivity index (χ4n) is 2.93. The molecule has 0 radical (unpaired) electrons. The van der Waals surface area contributed by atoms with Crippen LogP contribution in [0.2, 0.25) is 0 Å². The highest BCUT2D eigenvalue weighted by Crippen LogP contribution is 2.29. The molecule has 0 aliphatic carbocycles. The topological polar surface area (TPSA) is 108 Å². The molecular formula is C15H18N4O5. The summed E-state index contributed by atoms with van der Waals surface area (Å²) in [6.07, 6.45) is 1.90. The highest BCUT2D eigenvalue weighted by Gasteiger charge is 2.21. The number of fused-ring (bicyclic) bond motifs is 1. The lowest BCUT2D eigenvalue weighted by Gasteiger charge is -2.14. The van der Waals surface area contributed by atoms with E-state index in [9.17, 15) is 19.7 Å². The van der Waals surface area contributed by atoms with E-state index in [4.69, 9.17) is 4.74 Å². The maximum Gasteiger partial charge on any atom is 0.316 e. The molecule has 2 aromatic rings. The van der Waals surface area contributed by atoms with Gasteiger partial charge >= 0.3 is 11.1 Å². The molecule has 1 saturated heterocycles. The van der Waals surface area contributed by atoms with Gasteiger partial charge in [-0.1, -0.05) is 0 Å². The number of nitrogens with one attached hydrogen (secondary N) is 1. The third kappa shape index (κ3) is 2.67. The Balaban J connectivity index is 2.13.